The lowest BCUT2D eigenvalue weighted by atomic mass is 10.0. The highest BCUT2D eigenvalue weighted by molar-refractivity contribution is 5.95. The maximum Gasteiger partial charge on any atom is 0.337 e. The number of aliphatic hydroxyl groups excluding tert-OH is 2. The van der Waals surface area contributed by atoms with Gasteiger partial charge in [0, 0.05) is 0 Å². The summed E-state index contributed by atoms with van der Waals surface area (Å²) < 4.78 is 4.27. The van der Waals surface area contributed by atoms with E-state index in [9.17, 15) is 24.9 Å². The van der Waals surface area contributed by atoms with E-state index in [2.05, 4.69) is 4.74 Å². The summed E-state index contributed by atoms with van der Waals surface area (Å²) in [5, 5.41) is 28.5. The molecule has 0 aliphatic carbocycles. The van der Waals surface area contributed by atoms with Crippen LogP contribution in [0.1, 0.15) is 22.0 Å². The maximum absolute atomic E-state index is 11.0. The van der Waals surface area contributed by atoms with Gasteiger partial charge in [-0.25, -0.2) is 4.79 Å². The predicted molar refractivity (Wildman–Crippen MR) is 59.6 cm³/mol. The zero-order chi connectivity index (χ0) is 13.9. The highest BCUT2D eigenvalue weighted by Gasteiger charge is 2.27. The smallest absolute Gasteiger partial charge is 0.337 e. The molecule has 0 saturated heterocycles. The molecule has 0 aliphatic heterocycles. The molecule has 0 radical (unpaired) electrons. The predicted octanol–water partition coefficient (Wildman–Crippen LogP) is -0.942. The van der Waals surface area contributed by atoms with Gasteiger partial charge in [0.25, 0.3) is 5.91 Å². The number of nitrogens with two attached hydrogens (primary N) is 1. The van der Waals surface area contributed by atoms with E-state index < -0.39 is 24.1 Å². The molecule has 0 aromatic heterocycles. The number of amides is 1. The van der Waals surface area contributed by atoms with Crippen molar-refractivity contribution in [2.75, 3.05) is 7.11 Å². The van der Waals surface area contributed by atoms with Crippen LogP contribution in [0, 0.1) is 0 Å². The van der Waals surface area contributed by atoms with Crippen LogP contribution in [0.4, 0.5) is 0 Å². The molecule has 0 fully saturated rings. The molecule has 0 spiro atoms. The van der Waals surface area contributed by atoms with Crippen molar-refractivity contribution in [2.24, 2.45) is 5.73 Å². The number of primary amides is 1. The minimum atomic E-state index is -1.79. The molecule has 2 atom stereocenters. The van der Waals surface area contributed by atoms with E-state index in [1.807, 2.05) is 0 Å². The molecule has 2 unspecified atom stereocenters. The third-order valence-corrected chi connectivity index (χ3v) is 2.37. The number of esters is 1. The molecule has 18 heavy (non-hydrogen) atoms. The fourth-order valence-electron chi connectivity index (χ4n) is 1.37. The average molecular weight is 255 g/mol. The molecule has 1 aromatic rings. The Labute approximate surface area is 102 Å². The number of hydrogen-bond donors (Lipinski definition) is 4. The molecule has 7 heteroatoms. The summed E-state index contributed by atoms with van der Waals surface area (Å²) in [4.78, 5) is 22.0. The Bertz CT molecular complexity index is 473. The van der Waals surface area contributed by atoms with E-state index in [4.69, 9.17) is 5.73 Å². The number of aliphatic hydroxyl groups is 2. The average Bonchev–Trinajstić information content (AvgIpc) is 2.36. The number of rotatable bonds is 4. The van der Waals surface area contributed by atoms with Crippen molar-refractivity contribution in [1.82, 2.24) is 0 Å². The zero-order valence-corrected chi connectivity index (χ0v) is 9.53. The first kappa shape index (κ1) is 13.9. The summed E-state index contributed by atoms with van der Waals surface area (Å²) in [6.45, 7) is 0. The monoisotopic (exact) mass is 255 g/mol. The van der Waals surface area contributed by atoms with Crippen molar-refractivity contribution in [3.63, 3.8) is 0 Å². The van der Waals surface area contributed by atoms with Gasteiger partial charge in [0.2, 0.25) is 0 Å². The summed E-state index contributed by atoms with van der Waals surface area (Å²) in [5.41, 5.74) is 4.85. The summed E-state index contributed by atoms with van der Waals surface area (Å²) in [6.07, 6.45) is -3.38. The van der Waals surface area contributed by atoms with Gasteiger partial charge >= 0.3 is 5.97 Å². The summed E-state index contributed by atoms with van der Waals surface area (Å²) in [7, 11) is 1.06. The van der Waals surface area contributed by atoms with Gasteiger partial charge in [-0.15, -0.1) is 0 Å². The number of ether oxygens (including phenoxy) is 1. The molecule has 0 heterocycles. The third-order valence-electron chi connectivity index (χ3n) is 2.37. The van der Waals surface area contributed by atoms with Gasteiger partial charge in [-0.05, 0) is 17.7 Å². The van der Waals surface area contributed by atoms with E-state index in [0.29, 0.717) is 0 Å². The van der Waals surface area contributed by atoms with Gasteiger partial charge in [-0.2, -0.15) is 0 Å². The topological polar surface area (TPSA) is 130 Å². The lowest BCUT2D eigenvalue weighted by Crippen LogP contribution is -2.29. The van der Waals surface area contributed by atoms with Crippen LogP contribution in [-0.4, -0.2) is 40.4 Å². The fourth-order valence-corrected chi connectivity index (χ4v) is 1.37. The van der Waals surface area contributed by atoms with Gasteiger partial charge < -0.3 is 25.8 Å². The number of phenols is 1. The highest BCUT2D eigenvalue weighted by atomic mass is 16.5. The van der Waals surface area contributed by atoms with Gasteiger partial charge in [0.1, 0.15) is 11.9 Å². The second kappa shape index (κ2) is 5.48. The summed E-state index contributed by atoms with van der Waals surface area (Å²) in [5.74, 6) is -2.27. The molecule has 1 rings (SSSR count). The van der Waals surface area contributed by atoms with Crippen molar-refractivity contribution in [3.05, 3.63) is 29.3 Å². The quantitative estimate of drug-likeness (QED) is 0.513. The van der Waals surface area contributed by atoms with E-state index in [-0.39, 0.29) is 16.9 Å². The second-order valence-electron chi connectivity index (χ2n) is 3.55. The second-order valence-corrected chi connectivity index (χ2v) is 3.55. The Kier molecular flexibility index (Phi) is 4.24. The lowest BCUT2D eigenvalue weighted by molar-refractivity contribution is -0.156. The Balaban J connectivity index is 3.07. The lowest BCUT2D eigenvalue weighted by Gasteiger charge is -2.16. The molecule has 7 nitrogen and oxygen atoms in total. The molecule has 0 saturated carbocycles. The molecule has 0 aliphatic rings. The minimum Gasteiger partial charge on any atom is -0.507 e. The van der Waals surface area contributed by atoms with Crippen molar-refractivity contribution in [2.45, 2.75) is 12.2 Å². The van der Waals surface area contributed by atoms with Crippen LogP contribution in [0.15, 0.2) is 18.2 Å². The Morgan fingerprint density at radius 1 is 1.33 bits per heavy atom. The largest absolute Gasteiger partial charge is 0.507 e. The van der Waals surface area contributed by atoms with Crippen molar-refractivity contribution in [3.8, 4) is 5.75 Å². The first-order valence-electron chi connectivity index (χ1n) is 4.95. The number of carbonyl (C=O) groups excluding carboxylic acids is 2. The summed E-state index contributed by atoms with van der Waals surface area (Å²) >= 11 is 0. The van der Waals surface area contributed by atoms with Crippen molar-refractivity contribution < 1.29 is 29.6 Å². The van der Waals surface area contributed by atoms with E-state index in [0.717, 1.165) is 19.2 Å². The van der Waals surface area contributed by atoms with E-state index in [1.54, 1.807) is 0 Å². The van der Waals surface area contributed by atoms with Gasteiger partial charge in [0.15, 0.2) is 6.10 Å². The first-order chi connectivity index (χ1) is 8.38. The van der Waals surface area contributed by atoms with E-state index in [1.165, 1.54) is 6.07 Å². The number of carbonyl (C=O) groups is 2. The maximum atomic E-state index is 11.0. The van der Waals surface area contributed by atoms with Crippen LogP contribution in [0.2, 0.25) is 0 Å². The highest BCUT2D eigenvalue weighted by Crippen LogP contribution is 2.24. The molecular weight excluding hydrogens is 242 g/mol. The van der Waals surface area contributed by atoms with Crippen molar-refractivity contribution >= 4 is 11.9 Å². The number of benzene rings is 1. The number of aromatic hydroxyl groups is 1. The van der Waals surface area contributed by atoms with Crippen LogP contribution < -0.4 is 5.73 Å². The van der Waals surface area contributed by atoms with Gasteiger partial charge in [-0.3, -0.25) is 4.79 Å². The molecule has 1 aromatic carbocycles. The Morgan fingerprint density at radius 2 is 1.94 bits per heavy atom. The van der Waals surface area contributed by atoms with Crippen LogP contribution in [-0.2, 0) is 9.53 Å². The van der Waals surface area contributed by atoms with Crippen LogP contribution in [0.3, 0.4) is 0 Å². The van der Waals surface area contributed by atoms with Crippen LogP contribution >= 0.6 is 0 Å². The number of methoxy groups -OCH3 is 1. The van der Waals surface area contributed by atoms with Crippen LogP contribution in [0.5, 0.6) is 5.75 Å². The molecule has 5 N–H and O–H groups in total. The Hall–Kier alpha value is -2.12. The Morgan fingerprint density at radius 3 is 2.44 bits per heavy atom. The third kappa shape index (κ3) is 2.76. The zero-order valence-electron chi connectivity index (χ0n) is 9.53. The number of hydrogen-bond acceptors (Lipinski definition) is 6. The fraction of sp³-hybridized carbons (Fsp3) is 0.273. The molecular formula is C11H13NO6. The summed E-state index contributed by atoms with van der Waals surface area (Å²) in [6, 6.07) is 3.47. The normalized spacial score (nSPS) is 13.7. The van der Waals surface area contributed by atoms with E-state index >= 15 is 0 Å². The van der Waals surface area contributed by atoms with Crippen LogP contribution in [0.25, 0.3) is 0 Å². The standard InChI is InChI=1S/C11H13NO6/c1-18-11(17)9(15)8(14)5-2-3-7(13)6(4-5)10(12)16/h2-4,8-9,13-15H,1H3,(H2,12,16). The van der Waals surface area contributed by atoms with Gasteiger partial charge in [0.05, 0.1) is 12.7 Å². The molecule has 1 amide bonds. The first-order valence-corrected chi connectivity index (χ1v) is 4.95. The minimum absolute atomic E-state index is 0.0551. The SMILES string of the molecule is COC(=O)C(O)C(O)c1ccc(O)c(C(N)=O)c1. The van der Waals surface area contributed by atoms with Crippen molar-refractivity contribution in [1.29, 1.82) is 0 Å². The van der Waals surface area contributed by atoms with Gasteiger partial charge in [-0.1, -0.05) is 6.07 Å². The molecule has 98 valence electrons. The molecule has 0 bridgehead atoms.